The lowest BCUT2D eigenvalue weighted by molar-refractivity contribution is 0.395. The first-order valence-electron chi connectivity index (χ1n) is 8.14. The standard InChI is InChI=1S/C18H21NO4S2/c20-24(21)12-11-18(15-24)25(22,23)19(13-16-7-3-1-4-8-16)14-17-9-5-2-6-10-17/h1-10,18H,11-15H2. The topological polar surface area (TPSA) is 71.5 Å². The molecule has 0 amide bonds. The van der Waals surface area contributed by atoms with Crippen molar-refractivity contribution in [2.75, 3.05) is 11.5 Å². The van der Waals surface area contributed by atoms with Crippen molar-refractivity contribution in [1.82, 2.24) is 4.31 Å². The summed E-state index contributed by atoms with van der Waals surface area (Å²) in [5, 5.41) is -0.857. The second kappa shape index (κ2) is 7.27. The molecular formula is C18H21NO4S2. The molecule has 0 N–H and O–H groups in total. The Kier molecular flexibility index (Phi) is 5.27. The molecule has 0 bridgehead atoms. The van der Waals surface area contributed by atoms with Gasteiger partial charge in [-0.15, -0.1) is 0 Å². The van der Waals surface area contributed by atoms with E-state index in [1.807, 2.05) is 60.7 Å². The van der Waals surface area contributed by atoms with Crippen molar-refractivity contribution in [1.29, 1.82) is 0 Å². The molecule has 2 aromatic carbocycles. The van der Waals surface area contributed by atoms with Gasteiger partial charge in [0.2, 0.25) is 10.0 Å². The Morgan fingerprint density at radius 3 is 1.76 bits per heavy atom. The molecule has 1 unspecified atom stereocenters. The summed E-state index contributed by atoms with van der Waals surface area (Å²) in [6.45, 7) is 0.462. The van der Waals surface area contributed by atoms with Crippen molar-refractivity contribution in [3.05, 3.63) is 71.8 Å². The molecule has 1 aliphatic rings. The van der Waals surface area contributed by atoms with E-state index in [4.69, 9.17) is 0 Å². The first-order valence-corrected chi connectivity index (χ1v) is 11.5. The van der Waals surface area contributed by atoms with Gasteiger partial charge in [0.25, 0.3) is 0 Å². The Morgan fingerprint density at radius 2 is 1.36 bits per heavy atom. The van der Waals surface area contributed by atoms with Gasteiger partial charge in [0.05, 0.1) is 16.8 Å². The zero-order chi connectivity index (χ0) is 17.9. The van der Waals surface area contributed by atoms with Gasteiger partial charge in [0.15, 0.2) is 9.84 Å². The van der Waals surface area contributed by atoms with Gasteiger partial charge in [-0.1, -0.05) is 60.7 Å². The Labute approximate surface area is 149 Å². The Morgan fingerprint density at radius 1 is 0.880 bits per heavy atom. The number of rotatable bonds is 6. The highest BCUT2D eigenvalue weighted by Gasteiger charge is 2.40. The molecule has 0 spiro atoms. The molecule has 0 aromatic heterocycles. The molecule has 25 heavy (non-hydrogen) atoms. The number of sulfonamides is 1. The lowest BCUT2D eigenvalue weighted by atomic mass is 10.2. The maximum atomic E-state index is 13.1. The summed E-state index contributed by atoms with van der Waals surface area (Å²) in [5.41, 5.74) is 1.76. The molecule has 1 fully saturated rings. The van der Waals surface area contributed by atoms with Crippen molar-refractivity contribution >= 4 is 19.9 Å². The van der Waals surface area contributed by atoms with E-state index in [1.165, 1.54) is 4.31 Å². The fourth-order valence-corrected chi connectivity index (χ4v) is 7.51. The van der Waals surface area contributed by atoms with Crippen LogP contribution in [0.4, 0.5) is 0 Å². The van der Waals surface area contributed by atoms with Gasteiger partial charge >= 0.3 is 0 Å². The fourth-order valence-electron chi connectivity index (χ4n) is 3.02. The van der Waals surface area contributed by atoms with Crippen LogP contribution in [0.1, 0.15) is 17.5 Å². The summed E-state index contributed by atoms with van der Waals surface area (Å²) in [6.07, 6.45) is 0.171. The summed E-state index contributed by atoms with van der Waals surface area (Å²) in [4.78, 5) is 0. The average Bonchev–Trinajstić information content (AvgIpc) is 2.97. The maximum absolute atomic E-state index is 13.1. The van der Waals surface area contributed by atoms with Crippen LogP contribution >= 0.6 is 0 Å². The largest absolute Gasteiger partial charge is 0.229 e. The first-order chi connectivity index (χ1) is 11.9. The lowest BCUT2D eigenvalue weighted by Crippen LogP contribution is -2.38. The van der Waals surface area contributed by atoms with E-state index in [1.54, 1.807) is 0 Å². The number of hydrogen-bond acceptors (Lipinski definition) is 4. The summed E-state index contributed by atoms with van der Waals surface area (Å²) in [6, 6.07) is 18.7. The number of benzene rings is 2. The smallest absolute Gasteiger partial charge is 0.218 e. The van der Waals surface area contributed by atoms with Crippen LogP contribution in [0.2, 0.25) is 0 Å². The van der Waals surface area contributed by atoms with Crippen LogP contribution in [0, 0.1) is 0 Å². The summed E-state index contributed by atoms with van der Waals surface area (Å²) >= 11 is 0. The highest BCUT2D eigenvalue weighted by atomic mass is 32.2. The maximum Gasteiger partial charge on any atom is 0.218 e. The Balaban J connectivity index is 1.89. The number of sulfone groups is 1. The summed E-state index contributed by atoms with van der Waals surface area (Å²) in [5.74, 6) is -0.336. The van der Waals surface area contributed by atoms with Gasteiger partial charge in [-0.3, -0.25) is 0 Å². The molecule has 5 nitrogen and oxygen atoms in total. The number of nitrogens with zero attached hydrogens (tertiary/aromatic N) is 1. The van der Waals surface area contributed by atoms with E-state index >= 15 is 0 Å². The van der Waals surface area contributed by atoms with Crippen molar-refractivity contribution in [3.63, 3.8) is 0 Å². The second-order valence-corrected chi connectivity index (χ2v) is 10.8. The van der Waals surface area contributed by atoms with Crippen LogP contribution < -0.4 is 0 Å². The Bertz CT molecular complexity index is 869. The van der Waals surface area contributed by atoms with Gasteiger partial charge in [0, 0.05) is 13.1 Å². The predicted octanol–water partition coefficient (Wildman–Crippen LogP) is 2.21. The highest BCUT2D eigenvalue weighted by Crippen LogP contribution is 2.25. The third-order valence-electron chi connectivity index (χ3n) is 4.38. The molecule has 1 aliphatic heterocycles. The van der Waals surface area contributed by atoms with E-state index in [0.717, 1.165) is 11.1 Å². The molecule has 7 heteroatoms. The average molecular weight is 380 g/mol. The van der Waals surface area contributed by atoms with Gasteiger partial charge in [-0.25, -0.2) is 16.8 Å². The normalized spacial score (nSPS) is 20.0. The van der Waals surface area contributed by atoms with E-state index in [-0.39, 0.29) is 31.0 Å². The van der Waals surface area contributed by atoms with E-state index in [2.05, 4.69) is 0 Å². The van der Waals surface area contributed by atoms with Gasteiger partial charge in [-0.05, 0) is 17.5 Å². The van der Waals surface area contributed by atoms with Gasteiger partial charge < -0.3 is 0 Å². The van der Waals surface area contributed by atoms with Crippen molar-refractivity contribution in [2.45, 2.75) is 24.8 Å². The van der Waals surface area contributed by atoms with Crippen LogP contribution in [0.3, 0.4) is 0 Å². The minimum Gasteiger partial charge on any atom is -0.229 e. The molecule has 0 saturated carbocycles. The van der Waals surface area contributed by atoms with Crippen molar-refractivity contribution < 1.29 is 16.8 Å². The fraction of sp³-hybridized carbons (Fsp3) is 0.333. The third-order valence-corrected chi connectivity index (χ3v) is 8.58. The van der Waals surface area contributed by atoms with Crippen LogP contribution in [0.25, 0.3) is 0 Å². The zero-order valence-corrected chi connectivity index (χ0v) is 15.4. The summed E-state index contributed by atoms with van der Waals surface area (Å²) < 4.78 is 51.1. The monoisotopic (exact) mass is 379 g/mol. The molecule has 1 saturated heterocycles. The molecule has 2 aromatic rings. The molecule has 3 rings (SSSR count). The lowest BCUT2D eigenvalue weighted by Gasteiger charge is -2.25. The van der Waals surface area contributed by atoms with E-state index < -0.39 is 25.1 Å². The molecule has 1 heterocycles. The van der Waals surface area contributed by atoms with Crippen LogP contribution in [0.15, 0.2) is 60.7 Å². The van der Waals surface area contributed by atoms with E-state index in [9.17, 15) is 16.8 Å². The molecule has 134 valence electrons. The molecular weight excluding hydrogens is 358 g/mol. The van der Waals surface area contributed by atoms with E-state index in [0.29, 0.717) is 0 Å². The predicted molar refractivity (Wildman–Crippen MR) is 98.1 cm³/mol. The van der Waals surface area contributed by atoms with Crippen LogP contribution in [0.5, 0.6) is 0 Å². The van der Waals surface area contributed by atoms with Crippen LogP contribution in [-0.2, 0) is 33.0 Å². The first kappa shape index (κ1) is 18.1. The number of hydrogen-bond donors (Lipinski definition) is 0. The quantitative estimate of drug-likeness (QED) is 0.771. The molecule has 1 atom stereocenters. The minimum atomic E-state index is -3.71. The van der Waals surface area contributed by atoms with Gasteiger partial charge in [0.1, 0.15) is 0 Å². The third kappa shape index (κ3) is 4.48. The SMILES string of the molecule is O=S1(=O)CCC(S(=O)(=O)N(Cc2ccccc2)Cc2ccccc2)C1. The Hall–Kier alpha value is -1.70. The molecule has 0 radical (unpaired) electrons. The zero-order valence-electron chi connectivity index (χ0n) is 13.8. The minimum absolute atomic E-state index is 0.0542. The molecule has 0 aliphatic carbocycles. The highest BCUT2D eigenvalue weighted by molar-refractivity contribution is 7.95. The van der Waals surface area contributed by atoms with Gasteiger partial charge in [-0.2, -0.15) is 4.31 Å². The van der Waals surface area contributed by atoms with Crippen molar-refractivity contribution in [3.8, 4) is 0 Å². The van der Waals surface area contributed by atoms with Crippen LogP contribution in [-0.4, -0.2) is 37.9 Å². The second-order valence-electron chi connectivity index (χ2n) is 6.31. The summed E-state index contributed by atoms with van der Waals surface area (Å²) in [7, 11) is -6.98. The van der Waals surface area contributed by atoms with Crippen molar-refractivity contribution in [2.24, 2.45) is 0 Å².